The summed E-state index contributed by atoms with van der Waals surface area (Å²) in [4.78, 5) is 16.4. The first-order chi connectivity index (χ1) is 14.1. The van der Waals surface area contributed by atoms with Crippen molar-refractivity contribution in [2.45, 2.75) is 31.5 Å². The fourth-order valence-corrected chi connectivity index (χ4v) is 3.54. The van der Waals surface area contributed by atoms with Crippen LogP contribution in [0.2, 0.25) is 0 Å². The molecule has 29 heavy (non-hydrogen) atoms. The molecular formula is C21H25N5O2S. The minimum absolute atomic E-state index is 0.0842. The van der Waals surface area contributed by atoms with Crippen LogP contribution in [-0.4, -0.2) is 45.1 Å². The van der Waals surface area contributed by atoms with Crippen molar-refractivity contribution in [1.82, 2.24) is 19.7 Å². The number of ether oxygens (including phenoxy) is 1. The summed E-state index contributed by atoms with van der Waals surface area (Å²) in [5.74, 6) is 1.35. The molecule has 0 aliphatic heterocycles. The molecule has 0 saturated carbocycles. The molecule has 3 rings (SSSR count). The Balaban J connectivity index is 1.66. The van der Waals surface area contributed by atoms with Crippen molar-refractivity contribution >= 4 is 23.4 Å². The van der Waals surface area contributed by atoms with Gasteiger partial charge in [0, 0.05) is 30.8 Å². The molecule has 0 unspecified atom stereocenters. The van der Waals surface area contributed by atoms with Crippen LogP contribution in [0.15, 0.2) is 53.9 Å². The summed E-state index contributed by atoms with van der Waals surface area (Å²) in [5.41, 5.74) is 2.95. The highest BCUT2D eigenvalue weighted by molar-refractivity contribution is 7.99. The van der Waals surface area contributed by atoms with E-state index in [9.17, 15) is 4.79 Å². The molecule has 3 aromatic rings. The fraction of sp³-hybridized carbons (Fsp3) is 0.333. The number of nitrogens with one attached hydrogen (secondary N) is 1. The maximum Gasteiger partial charge on any atom is 0.234 e. The Bertz CT molecular complexity index is 926. The van der Waals surface area contributed by atoms with E-state index in [0.717, 1.165) is 17.1 Å². The molecule has 0 saturated heterocycles. The molecule has 1 aromatic carbocycles. The fourth-order valence-electron chi connectivity index (χ4n) is 2.77. The van der Waals surface area contributed by atoms with Crippen LogP contribution >= 0.6 is 11.8 Å². The van der Waals surface area contributed by atoms with Gasteiger partial charge in [-0.3, -0.25) is 14.3 Å². The van der Waals surface area contributed by atoms with Crippen molar-refractivity contribution in [3.8, 4) is 11.4 Å². The van der Waals surface area contributed by atoms with E-state index in [0.29, 0.717) is 24.2 Å². The first-order valence-electron chi connectivity index (χ1n) is 9.43. The minimum atomic E-state index is -0.0842. The van der Waals surface area contributed by atoms with Crippen LogP contribution in [-0.2, 0) is 16.1 Å². The van der Waals surface area contributed by atoms with Gasteiger partial charge in [0.1, 0.15) is 0 Å². The van der Waals surface area contributed by atoms with E-state index in [1.165, 1.54) is 17.3 Å². The third-order valence-electron chi connectivity index (χ3n) is 4.37. The summed E-state index contributed by atoms with van der Waals surface area (Å²) in [5, 5.41) is 12.2. The summed E-state index contributed by atoms with van der Waals surface area (Å²) >= 11 is 1.35. The molecule has 0 radical (unpaired) electrons. The number of rotatable bonds is 9. The normalized spacial score (nSPS) is 11.0. The molecule has 0 aliphatic carbocycles. The van der Waals surface area contributed by atoms with Crippen LogP contribution in [0.3, 0.4) is 0 Å². The second-order valence-corrected chi connectivity index (χ2v) is 7.74. The zero-order chi connectivity index (χ0) is 20.6. The summed E-state index contributed by atoms with van der Waals surface area (Å²) in [7, 11) is 1.65. The van der Waals surface area contributed by atoms with Gasteiger partial charge in [-0.1, -0.05) is 37.7 Å². The second kappa shape index (κ2) is 10.2. The van der Waals surface area contributed by atoms with Gasteiger partial charge in [-0.2, -0.15) is 0 Å². The monoisotopic (exact) mass is 411 g/mol. The molecule has 1 N–H and O–H groups in total. The Labute approximate surface area is 174 Å². The number of carbonyl (C=O) groups excluding carboxylic acids is 1. The van der Waals surface area contributed by atoms with Gasteiger partial charge in [-0.25, -0.2) is 0 Å². The van der Waals surface area contributed by atoms with Crippen molar-refractivity contribution in [3.63, 3.8) is 0 Å². The molecule has 2 aromatic heterocycles. The van der Waals surface area contributed by atoms with Crippen molar-refractivity contribution in [2.75, 3.05) is 24.8 Å². The Morgan fingerprint density at radius 1 is 1.14 bits per heavy atom. The van der Waals surface area contributed by atoms with E-state index in [2.05, 4.69) is 34.3 Å². The van der Waals surface area contributed by atoms with Crippen LogP contribution in [0, 0.1) is 0 Å². The Kier molecular flexibility index (Phi) is 7.37. The maximum atomic E-state index is 12.4. The van der Waals surface area contributed by atoms with Crippen LogP contribution in [0.1, 0.15) is 25.3 Å². The van der Waals surface area contributed by atoms with Gasteiger partial charge in [0.05, 0.1) is 18.9 Å². The van der Waals surface area contributed by atoms with Crippen LogP contribution in [0.4, 0.5) is 5.69 Å². The number of pyridine rings is 1. The van der Waals surface area contributed by atoms with Crippen LogP contribution in [0.25, 0.3) is 11.4 Å². The average molecular weight is 412 g/mol. The Morgan fingerprint density at radius 3 is 2.52 bits per heavy atom. The average Bonchev–Trinajstić information content (AvgIpc) is 3.14. The zero-order valence-corrected chi connectivity index (χ0v) is 17.6. The third-order valence-corrected chi connectivity index (χ3v) is 5.33. The standard InChI is InChI=1S/C21H25N5O2S/c1-15(2)16-4-6-18(7-5-16)23-19(27)14-29-21-25-24-20(26(21)12-13-28-3)17-8-10-22-11-9-17/h4-11,15H,12-14H2,1-3H3,(H,23,27). The number of carbonyl (C=O) groups is 1. The van der Waals surface area contributed by atoms with Gasteiger partial charge >= 0.3 is 0 Å². The molecule has 0 atom stereocenters. The molecular weight excluding hydrogens is 386 g/mol. The van der Waals surface area contributed by atoms with Crippen LogP contribution < -0.4 is 5.32 Å². The van der Waals surface area contributed by atoms with Gasteiger partial charge in [0.15, 0.2) is 11.0 Å². The molecule has 0 fully saturated rings. The van der Waals surface area contributed by atoms with Crippen LogP contribution in [0.5, 0.6) is 0 Å². The number of thioether (sulfide) groups is 1. The summed E-state index contributed by atoms with van der Waals surface area (Å²) < 4.78 is 7.18. The number of anilines is 1. The Morgan fingerprint density at radius 2 is 1.86 bits per heavy atom. The highest BCUT2D eigenvalue weighted by atomic mass is 32.2. The number of hydrogen-bond donors (Lipinski definition) is 1. The lowest BCUT2D eigenvalue weighted by Crippen LogP contribution is -2.15. The van der Waals surface area contributed by atoms with Gasteiger partial charge in [-0.05, 0) is 35.7 Å². The largest absolute Gasteiger partial charge is 0.383 e. The van der Waals surface area contributed by atoms with E-state index in [1.54, 1.807) is 19.5 Å². The predicted octanol–water partition coefficient (Wildman–Crippen LogP) is 3.84. The molecule has 2 heterocycles. The number of hydrogen-bond acceptors (Lipinski definition) is 6. The summed E-state index contributed by atoms with van der Waals surface area (Å²) in [6.45, 7) is 5.41. The number of aromatic nitrogens is 4. The molecule has 0 spiro atoms. The topological polar surface area (TPSA) is 81.9 Å². The smallest absolute Gasteiger partial charge is 0.234 e. The number of methoxy groups -OCH3 is 1. The number of benzene rings is 1. The van der Waals surface area contributed by atoms with E-state index in [4.69, 9.17) is 4.74 Å². The van der Waals surface area contributed by atoms with Gasteiger partial charge in [0.25, 0.3) is 0 Å². The summed E-state index contributed by atoms with van der Waals surface area (Å²) in [6, 6.07) is 11.7. The highest BCUT2D eigenvalue weighted by Crippen LogP contribution is 2.24. The molecule has 1 amide bonds. The first kappa shape index (κ1) is 21.0. The van der Waals surface area contributed by atoms with Crippen molar-refractivity contribution in [3.05, 3.63) is 54.4 Å². The van der Waals surface area contributed by atoms with Crippen molar-refractivity contribution < 1.29 is 9.53 Å². The lowest BCUT2D eigenvalue weighted by atomic mass is 10.0. The van der Waals surface area contributed by atoms with E-state index in [1.807, 2.05) is 41.0 Å². The number of amides is 1. The minimum Gasteiger partial charge on any atom is -0.383 e. The van der Waals surface area contributed by atoms with Gasteiger partial charge < -0.3 is 10.1 Å². The van der Waals surface area contributed by atoms with E-state index < -0.39 is 0 Å². The molecule has 0 bridgehead atoms. The second-order valence-electron chi connectivity index (χ2n) is 6.80. The lowest BCUT2D eigenvalue weighted by molar-refractivity contribution is -0.113. The molecule has 8 heteroatoms. The lowest BCUT2D eigenvalue weighted by Gasteiger charge is -2.10. The Hall–Kier alpha value is -2.71. The van der Waals surface area contributed by atoms with E-state index in [-0.39, 0.29) is 11.7 Å². The highest BCUT2D eigenvalue weighted by Gasteiger charge is 2.15. The third kappa shape index (κ3) is 5.65. The van der Waals surface area contributed by atoms with E-state index >= 15 is 0 Å². The van der Waals surface area contributed by atoms with Gasteiger partial charge in [-0.15, -0.1) is 10.2 Å². The maximum absolute atomic E-state index is 12.4. The summed E-state index contributed by atoms with van der Waals surface area (Å²) in [6.07, 6.45) is 3.44. The first-order valence-corrected chi connectivity index (χ1v) is 10.4. The molecule has 0 aliphatic rings. The quantitative estimate of drug-likeness (QED) is 0.539. The van der Waals surface area contributed by atoms with Crippen molar-refractivity contribution in [2.24, 2.45) is 0 Å². The number of nitrogens with zero attached hydrogens (tertiary/aromatic N) is 4. The van der Waals surface area contributed by atoms with Crippen molar-refractivity contribution in [1.29, 1.82) is 0 Å². The molecule has 7 nitrogen and oxygen atoms in total. The molecule has 152 valence electrons. The SMILES string of the molecule is COCCn1c(SCC(=O)Nc2ccc(C(C)C)cc2)nnc1-c1ccncc1. The zero-order valence-electron chi connectivity index (χ0n) is 16.8. The predicted molar refractivity (Wildman–Crippen MR) is 115 cm³/mol. The van der Waals surface area contributed by atoms with Gasteiger partial charge in [0.2, 0.25) is 5.91 Å².